The predicted molar refractivity (Wildman–Crippen MR) is 221 cm³/mol. The number of benzene rings is 3. The summed E-state index contributed by atoms with van der Waals surface area (Å²) in [5.41, 5.74) is 6.77. The summed E-state index contributed by atoms with van der Waals surface area (Å²) in [6.07, 6.45) is 18.1. The Morgan fingerprint density at radius 2 is 1.58 bits per heavy atom. The number of amides is 3. The van der Waals surface area contributed by atoms with E-state index in [1.807, 2.05) is 23.9 Å². The van der Waals surface area contributed by atoms with E-state index in [-0.39, 0.29) is 58.5 Å². The molecule has 7 rings (SSSR count). The number of nitrogens with one attached hydrogen (secondary N) is 3. The van der Waals surface area contributed by atoms with Gasteiger partial charge in [-0.15, -0.1) is 12.1 Å². The second kappa shape index (κ2) is 21.1. The Labute approximate surface area is 338 Å². The van der Waals surface area contributed by atoms with Gasteiger partial charge in [0.05, 0.1) is 18.2 Å². The molecule has 3 aromatic rings. The number of carbonyl (C=O) groups is 2. The van der Waals surface area contributed by atoms with E-state index in [1.165, 1.54) is 80.9 Å². The molecule has 3 atom stereocenters. The van der Waals surface area contributed by atoms with Crippen molar-refractivity contribution in [1.29, 1.82) is 0 Å². The van der Waals surface area contributed by atoms with Crippen molar-refractivity contribution < 1.29 is 34.7 Å². The molecule has 0 unspecified atom stereocenters. The van der Waals surface area contributed by atoms with E-state index in [1.54, 1.807) is 17.4 Å². The van der Waals surface area contributed by atoms with E-state index < -0.39 is 0 Å². The summed E-state index contributed by atoms with van der Waals surface area (Å²) in [5.74, 6) is 2.10. The third-order valence-electron chi connectivity index (χ3n) is 11.1. The molecule has 0 radical (unpaired) electrons. The third-order valence-corrected chi connectivity index (χ3v) is 16.1. The predicted octanol–water partition coefficient (Wildman–Crippen LogP) is 10.4. The zero-order valence-corrected chi connectivity index (χ0v) is 35.1. The monoisotopic (exact) mass is 846 g/mol. The second-order valence-electron chi connectivity index (χ2n) is 15.3. The summed E-state index contributed by atoms with van der Waals surface area (Å²) in [7, 11) is -0.137. The maximum Gasteiger partial charge on any atom is 2.00 e. The summed E-state index contributed by atoms with van der Waals surface area (Å²) < 4.78 is 6.31. The van der Waals surface area contributed by atoms with Crippen LogP contribution in [0, 0.1) is 13.0 Å². The largest absolute Gasteiger partial charge is 2.00 e. The van der Waals surface area contributed by atoms with Crippen LogP contribution in [-0.2, 0) is 25.2 Å². The van der Waals surface area contributed by atoms with Crippen molar-refractivity contribution in [1.82, 2.24) is 10.6 Å². The van der Waals surface area contributed by atoms with E-state index in [0.717, 1.165) is 47.8 Å². The van der Waals surface area contributed by atoms with Crippen molar-refractivity contribution in [3.63, 3.8) is 0 Å². The van der Waals surface area contributed by atoms with Crippen LogP contribution in [0.5, 0.6) is 5.75 Å². The number of anilines is 1. The van der Waals surface area contributed by atoms with Crippen molar-refractivity contribution in [3.8, 4) is 16.9 Å². The first-order chi connectivity index (χ1) is 25.4. The van der Waals surface area contributed by atoms with Gasteiger partial charge in [-0.3, -0.25) is 4.79 Å². The number of thioether (sulfide) groups is 1. The van der Waals surface area contributed by atoms with E-state index in [0.29, 0.717) is 11.7 Å². The van der Waals surface area contributed by atoms with Crippen LogP contribution in [-0.4, -0.2) is 52.4 Å². The quantitative estimate of drug-likeness (QED) is 0.0558. The molecule has 0 bridgehead atoms. The summed E-state index contributed by atoms with van der Waals surface area (Å²) in [4.78, 5) is 23.1. The zero-order chi connectivity index (χ0) is 36.3. The number of fused-ring (bicyclic) bond motifs is 1. The van der Waals surface area contributed by atoms with Crippen LogP contribution in [0.15, 0.2) is 66.7 Å². The molecule has 2 saturated heterocycles. The van der Waals surface area contributed by atoms with Crippen LogP contribution in [0.1, 0.15) is 109 Å². The first-order valence-electron chi connectivity index (χ1n) is 20.0. The fraction of sp³-hybridized carbons (Fsp3) is 0.545. The van der Waals surface area contributed by atoms with Crippen molar-refractivity contribution in [3.05, 3.63) is 78.4 Å². The number of unbranched alkanes of at least 4 members (excludes halogenated alkanes) is 1. The van der Waals surface area contributed by atoms with Gasteiger partial charge in [-0.1, -0.05) is 95.0 Å². The zero-order valence-electron chi connectivity index (χ0n) is 31.8. The number of ether oxygens (including phenoxy) is 1. The van der Waals surface area contributed by atoms with Crippen LogP contribution in [0.4, 0.5) is 10.5 Å². The van der Waals surface area contributed by atoms with Gasteiger partial charge in [-0.25, -0.2) is 4.79 Å². The molecule has 2 heterocycles. The van der Waals surface area contributed by atoms with Gasteiger partial charge in [-0.2, -0.15) is 30.0 Å². The fourth-order valence-electron chi connectivity index (χ4n) is 8.63. The standard InChI is InChI=1S/C28H39OP.C16H20N3O2S.Pd/c1-21(2)29-26-19-12-13-22(3)28(26)25-18-10-11-20-27(25)30(23-14-6-4-7-15-23)24-16-8-5-9-17-24;20-14(17-11-6-2-1-3-7-11)9-5-4-8-13-15-12(10-22-13)18-16(21)19-15;/h10-13,18-21,23-24H,4-9,14-17H2,1-3H3;2-3,6-7,12-13,15H,4-5,8-10H2,(H,17,20)(H2,18,19,21);/q;-1;+2/t;12-,13-,15-;/m.0./s1. The molecule has 4 fully saturated rings. The summed E-state index contributed by atoms with van der Waals surface area (Å²) in [5, 5.41) is 11.0. The number of urea groups is 1. The molecular weight excluding hydrogens is 788 g/mol. The van der Waals surface area contributed by atoms with Gasteiger partial charge in [0.15, 0.2) is 0 Å². The molecule has 6 nitrogen and oxygen atoms in total. The Kier molecular flexibility index (Phi) is 16.6. The molecule has 3 N–H and O–H groups in total. The average molecular weight is 847 g/mol. The molecule has 2 saturated carbocycles. The molecular formula is C44H59N3O3PPdS+. The fourth-order valence-corrected chi connectivity index (χ4v) is 14.1. The molecule has 2 aliphatic heterocycles. The normalized spacial score (nSPS) is 21.5. The van der Waals surface area contributed by atoms with Crippen LogP contribution >= 0.6 is 19.7 Å². The minimum Gasteiger partial charge on any atom is -0.490 e. The molecule has 53 heavy (non-hydrogen) atoms. The molecule has 3 amide bonds. The summed E-state index contributed by atoms with van der Waals surface area (Å²) >= 11 is 1.92. The Morgan fingerprint density at radius 3 is 2.26 bits per heavy atom. The number of carbonyl (C=O) groups excluding carboxylic acids is 2. The van der Waals surface area contributed by atoms with Crippen LogP contribution in [0.2, 0.25) is 0 Å². The smallest absolute Gasteiger partial charge is 0.490 e. The van der Waals surface area contributed by atoms with Gasteiger partial charge in [-0.05, 0) is 93.1 Å². The maximum absolute atomic E-state index is 11.8. The van der Waals surface area contributed by atoms with Gasteiger partial charge in [0.25, 0.3) is 0 Å². The topological polar surface area (TPSA) is 79.5 Å². The minimum atomic E-state index is -0.137. The maximum atomic E-state index is 11.8. The number of hydrogen-bond acceptors (Lipinski definition) is 4. The van der Waals surface area contributed by atoms with Gasteiger partial charge < -0.3 is 20.7 Å². The third kappa shape index (κ3) is 11.6. The Balaban J connectivity index is 0.000000210. The van der Waals surface area contributed by atoms with Crippen LogP contribution in [0.3, 0.4) is 0 Å². The second-order valence-corrected chi connectivity index (χ2v) is 19.4. The SMILES string of the molecule is Cc1cccc(OC(C)C)c1-c1ccccc1P(C1CCCCC1)C1CCCCC1.O=C(CCCC[C@@H]1SC[C@@H]2NC(=O)N[C@@H]21)Nc1cc[c-]cc1.[Pd+2]. The van der Waals surface area contributed by atoms with Crippen LogP contribution < -0.4 is 26.0 Å². The minimum absolute atomic E-state index is 0. The Bertz CT molecular complexity index is 1580. The van der Waals surface area contributed by atoms with Crippen molar-refractivity contribution in [2.75, 3.05) is 11.1 Å². The first-order valence-corrected chi connectivity index (χ1v) is 22.5. The molecule has 288 valence electrons. The number of rotatable bonds is 12. The van der Waals surface area contributed by atoms with E-state index in [9.17, 15) is 9.59 Å². The molecule has 9 heteroatoms. The molecule has 3 aromatic carbocycles. The number of hydrogen-bond donors (Lipinski definition) is 3. The average Bonchev–Trinajstić information content (AvgIpc) is 3.71. The Hall–Kier alpha value is -2.36. The van der Waals surface area contributed by atoms with Gasteiger partial charge in [0, 0.05) is 23.0 Å². The van der Waals surface area contributed by atoms with Gasteiger partial charge in [0.2, 0.25) is 5.91 Å². The van der Waals surface area contributed by atoms with Crippen molar-refractivity contribution in [2.24, 2.45) is 0 Å². The Morgan fingerprint density at radius 1 is 0.906 bits per heavy atom. The first kappa shape index (κ1) is 41.8. The van der Waals surface area contributed by atoms with E-state index >= 15 is 0 Å². The summed E-state index contributed by atoms with van der Waals surface area (Å²) in [6.45, 7) is 6.52. The molecule has 0 aromatic heterocycles. The molecule has 0 spiro atoms. The van der Waals surface area contributed by atoms with Crippen molar-refractivity contribution >= 4 is 42.6 Å². The molecule has 2 aliphatic carbocycles. The van der Waals surface area contributed by atoms with Crippen LogP contribution in [0.25, 0.3) is 11.1 Å². The summed E-state index contributed by atoms with van der Waals surface area (Å²) in [6, 6.07) is 26.6. The van der Waals surface area contributed by atoms with Gasteiger partial charge in [0.1, 0.15) is 5.75 Å². The van der Waals surface area contributed by atoms with Gasteiger partial charge >= 0.3 is 26.5 Å². The number of aryl methyl sites for hydroxylation is 1. The van der Waals surface area contributed by atoms with E-state index in [2.05, 4.69) is 85.3 Å². The molecule has 4 aliphatic rings. The van der Waals surface area contributed by atoms with E-state index in [4.69, 9.17) is 4.74 Å². The van der Waals surface area contributed by atoms with Crippen molar-refractivity contribution in [2.45, 2.75) is 145 Å².